The Kier molecular flexibility index (Phi) is 12.9. The third kappa shape index (κ3) is 7.60. The summed E-state index contributed by atoms with van der Waals surface area (Å²) in [4.78, 5) is 10.8. The minimum atomic E-state index is -0.994. The minimum Gasteiger partial charge on any atom is -0.667 e. The van der Waals surface area contributed by atoms with Crippen molar-refractivity contribution in [3.05, 3.63) is 5.73 Å². The molecular weight excluding hydrogens is 188 g/mol. The van der Waals surface area contributed by atoms with E-state index in [1.54, 1.807) is 0 Å². The van der Waals surface area contributed by atoms with Crippen LogP contribution in [0, 0.1) is 0 Å². The second-order valence-electron chi connectivity index (χ2n) is 2.11. The molecule has 1 atom stereocenters. The molecule has 0 bridgehead atoms. The van der Waals surface area contributed by atoms with E-state index in [-0.39, 0.29) is 57.8 Å². The standard InChI is InChI=1S/C6H13FN3O.K/c7-2-1-5(9)6(11)10-4-3-8;/h5,9H,1-4,8H2,(H,10,11);/q-1;+1. The zero-order valence-electron chi connectivity index (χ0n) is 7.27. The molecule has 6 heteroatoms. The van der Waals surface area contributed by atoms with E-state index in [2.05, 4.69) is 5.32 Å². The van der Waals surface area contributed by atoms with E-state index in [1.807, 2.05) is 0 Å². The molecule has 0 radical (unpaired) electrons. The molecule has 0 saturated heterocycles. The van der Waals surface area contributed by atoms with Crippen molar-refractivity contribution in [3.63, 3.8) is 0 Å². The van der Waals surface area contributed by atoms with Crippen LogP contribution in [0.4, 0.5) is 4.39 Å². The van der Waals surface area contributed by atoms with Crippen LogP contribution in [-0.4, -0.2) is 31.7 Å². The first-order valence-corrected chi connectivity index (χ1v) is 3.47. The smallest absolute Gasteiger partial charge is 0.667 e. The van der Waals surface area contributed by atoms with Gasteiger partial charge in [-0.3, -0.25) is 9.18 Å². The number of hydrogen-bond donors (Lipinski definition) is 2. The van der Waals surface area contributed by atoms with E-state index in [0.29, 0.717) is 13.1 Å². The summed E-state index contributed by atoms with van der Waals surface area (Å²) >= 11 is 0. The Morgan fingerprint density at radius 2 is 2.25 bits per heavy atom. The van der Waals surface area contributed by atoms with Gasteiger partial charge in [0.2, 0.25) is 5.91 Å². The Balaban J connectivity index is 0. The van der Waals surface area contributed by atoms with Gasteiger partial charge in [0.1, 0.15) is 0 Å². The fraction of sp³-hybridized carbons (Fsp3) is 0.833. The van der Waals surface area contributed by atoms with Crippen molar-refractivity contribution in [1.82, 2.24) is 5.32 Å². The maximum absolute atomic E-state index is 11.6. The number of nitrogens with two attached hydrogens (primary N) is 1. The molecule has 0 aliphatic heterocycles. The second-order valence-corrected chi connectivity index (χ2v) is 2.11. The van der Waals surface area contributed by atoms with Gasteiger partial charge >= 0.3 is 51.4 Å². The van der Waals surface area contributed by atoms with Gasteiger partial charge < -0.3 is 16.8 Å². The van der Waals surface area contributed by atoms with Crippen molar-refractivity contribution < 1.29 is 60.6 Å². The Morgan fingerprint density at radius 3 is 2.67 bits per heavy atom. The van der Waals surface area contributed by atoms with E-state index in [4.69, 9.17) is 11.5 Å². The molecule has 4 N–H and O–H groups in total. The number of halogens is 1. The molecule has 0 aliphatic rings. The summed E-state index contributed by atoms with van der Waals surface area (Å²) in [5.41, 5.74) is 12.2. The van der Waals surface area contributed by atoms with Crippen molar-refractivity contribution in [2.45, 2.75) is 12.5 Å². The number of nitrogens with one attached hydrogen (secondary N) is 2. The van der Waals surface area contributed by atoms with Crippen molar-refractivity contribution in [1.29, 1.82) is 0 Å². The summed E-state index contributed by atoms with van der Waals surface area (Å²) in [7, 11) is 0. The number of alkyl halides is 1. The SMILES string of the molecule is [K+].[NH-]C(CCF)C(=O)NCCN. The second kappa shape index (κ2) is 10.0. The van der Waals surface area contributed by atoms with Gasteiger partial charge in [-0.25, -0.2) is 0 Å². The van der Waals surface area contributed by atoms with Gasteiger partial charge in [0.25, 0.3) is 0 Å². The van der Waals surface area contributed by atoms with E-state index >= 15 is 0 Å². The summed E-state index contributed by atoms with van der Waals surface area (Å²) < 4.78 is 11.6. The molecule has 0 aromatic heterocycles. The molecule has 12 heavy (non-hydrogen) atoms. The Morgan fingerprint density at radius 1 is 1.67 bits per heavy atom. The van der Waals surface area contributed by atoms with Gasteiger partial charge in [-0.15, -0.1) is 0 Å². The molecule has 0 rings (SSSR count). The van der Waals surface area contributed by atoms with Crippen LogP contribution in [0.1, 0.15) is 6.42 Å². The molecule has 1 unspecified atom stereocenters. The van der Waals surface area contributed by atoms with Crippen molar-refractivity contribution in [2.75, 3.05) is 19.8 Å². The fourth-order valence-corrected chi connectivity index (χ4v) is 0.559. The Bertz CT molecular complexity index is 125. The minimum absolute atomic E-state index is 0. The predicted molar refractivity (Wildman–Crippen MR) is 40.8 cm³/mol. The number of rotatable bonds is 5. The molecule has 66 valence electrons. The van der Waals surface area contributed by atoms with Crippen LogP contribution in [0.25, 0.3) is 5.73 Å². The maximum Gasteiger partial charge on any atom is 1.00 e. The van der Waals surface area contributed by atoms with E-state index in [9.17, 15) is 9.18 Å². The van der Waals surface area contributed by atoms with Crippen molar-refractivity contribution in [2.24, 2.45) is 5.73 Å². The molecular formula is C6H13FKN3O. The van der Waals surface area contributed by atoms with Crippen LogP contribution in [0.5, 0.6) is 0 Å². The van der Waals surface area contributed by atoms with Crippen LogP contribution < -0.4 is 62.4 Å². The zero-order valence-corrected chi connectivity index (χ0v) is 10.4. The molecule has 1 amide bonds. The van der Waals surface area contributed by atoms with Gasteiger partial charge in [-0.1, -0.05) is 6.04 Å². The summed E-state index contributed by atoms with van der Waals surface area (Å²) in [5, 5.41) is 2.40. The van der Waals surface area contributed by atoms with Crippen LogP contribution in [0.3, 0.4) is 0 Å². The molecule has 0 spiro atoms. The number of carbonyl (C=O) groups excluding carboxylic acids is 1. The third-order valence-electron chi connectivity index (χ3n) is 1.16. The molecule has 0 aliphatic carbocycles. The number of amides is 1. The van der Waals surface area contributed by atoms with Gasteiger partial charge in [-0.05, 0) is 6.42 Å². The quantitative estimate of drug-likeness (QED) is 0.461. The first-order valence-electron chi connectivity index (χ1n) is 3.47. The number of hydrogen-bond acceptors (Lipinski definition) is 2. The van der Waals surface area contributed by atoms with E-state index in [0.717, 1.165) is 0 Å². The monoisotopic (exact) mass is 201 g/mol. The number of carbonyl (C=O) groups is 1. The van der Waals surface area contributed by atoms with Gasteiger partial charge in [-0.2, -0.15) is 0 Å². The van der Waals surface area contributed by atoms with Gasteiger partial charge in [0.05, 0.1) is 6.67 Å². The molecule has 0 fully saturated rings. The topological polar surface area (TPSA) is 78.9 Å². The summed E-state index contributed by atoms with van der Waals surface area (Å²) in [6.07, 6.45) is -0.0452. The summed E-state index contributed by atoms with van der Waals surface area (Å²) in [5.74, 6) is -0.451. The first kappa shape index (κ1) is 15.4. The van der Waals surface area contributed by atoms with Gasteiger partial charge in [0, 0.05) is 13.1 Å². The van der Waals surface area contributed by atoms with Crippen LogP contribution in [0.15, 0.2) is 0 Å². The third-order valence-corrected chi connectivity index (χ3v) is 1.16. The van der Waals surface area contributed by atoms with Crippen LogP contribution >= 0.6 is 0 Å². The summed E-state index contributed by atoms with van der Waals surface area (Å²) in [6, 6.07) is -0.994. The average molecular weight is 201 g/mol. The molecule has 0 aromatic rings. The normalized spacial score (nSPS) is 11.6. The largest absolute Gasteiger partial charge is 1.00 e. The van der Waals surface area contributed by atoms with Crippen molar-refractivity contribution >= 4 is 5.91 Å². The molecule has 0 heterocycles. The van der Waals surface area contributed by atoms with Gasteiger partial charge in [0.15, 0.2) is 0 Å². The first-order chi connectivity index (χ1) is 5.22. The molecule has 4 nitrogen and oxygen atoms in total. The molecule has 0 aromatic carbocycles. The average Bonchev–Trinajstić information content (AvgIpc) is 2.00. The predicted octanol–water partition coefficient (Wildman–Crippen LogP) is -3.15. The Labute approximate surface area is 114 Å². The van der Waals surface area contributed by atoms with Crippen LogP contribution in [0.2, 0.25) is 0 Å². The summed E-state index contributed by atoms with van der Waals surface area (Å²) in [6.45, 7) is 0.0544. The van der Waals surface area contributed by atoms with E-state index in [1.165, 1.54) is 0 Å². The molecule has 0 saturated carbocycles. The van der Waals surface area contributed by atoms with E-state index < -0.39 is 18.6 Å². The maximum atomic E-state index is 11.6. The zero-order chi connectivity index (χ0) is 8.69. The van der Waals surface area contributed by atoms with Crippen LogP contribution in [-0.2, 0) is 4.79 Å². The Hall–Kier alpha value is 0.956. The fourth-order valence-electron chi connectivity index (χ4n) is 0.559. The van der Waals surface area contributed by atoms with Crippen molar-refractivity contribution in [3.8, 4) is 0 Å².